The number of aromatic nitrogens is 2. The van der Waals surface area contributed by atoms with Crippen molar-refractivity contribution in [3.63, 3.8) is 0 Å². The summed E-state index contributed by atoms with van der Waals surface area (Å²) in [4.78, 5) is 11.4. The Morgan fingerprint density at radius 1 is 1.75 bits per heavy atom. The number of esters is 1. The van der Waals surface area contributed by atoms with Gasteiger partial charge in [0.2, 0.25) is 0 Å². The first-order chi connectivity index (χ1) is 7.54. The minimum atomic E-state index is -0.518. The minimum absolute atomic E-state index is 0.132. The Kier molecular flexibility index (Phi) is 4.30. The third kappa shape index (κ3) is 3.23. The average molecular weight is 227 g/mol. The van der Waals surface area contributed by atoms with Gasteiger partial charge in [-0.15, -0.1) is 0 Å². The molecule has 0 spiro atoms. The number of ether oxygens (including phenoxy) is 1. The van der Waals surface area contributed by atoms with Gasteiger partial charge in [-0.25, -0.2) is 4.79 Å². The Morgan fingerprint density at radius 2 is 2.44 bits per heavy atom. The third-order valence-corrected chi connectivity index (χ3v) is 2.03. The summed E-state index contributed by atoms with van der Waals surface area (Å²) in [6, 6.07) is 0. The Hall–Kier alpha value is -1.56. The molecule has 6 nitrogen and oxygen atoms in total. The van der Waals surface area contributed by atoms with Crippen LogP contribution in [0.3, 0.4) is 0 Å². The second kappa shape index (κ2) is 5.50. The van der Waals surface area contributed by atoms with Crippen LogP contribution in [0.15, 0.2) is 6.20 Å². The van der Waals surface area contributed by atoms with E-state index in [4.69, 9.17) is 15.6 Å². The standard InChI is InChI=1S/C10H17N3O3/c1-3-16-10(15)9-8(11)6-13(12-9)5-4-7(2)14/h6-7,14H,3-5,11H2,1-2H3. The van der Waals surface area contributed by atoms with Crippen LogP contribution in [0.4, 0.5) is 5.69 Å². The number of nitrogens with zero attached hydrogens (tertiary/aromatic N) is 2. The molecule has 1 heterocycles. The number of carbonyl (C=O) groups is 1. The van der Waals surface area contributed by atoms with Crippen LogP contribution in [0.2, 0.25) is 0 Å². The summed E-state index contributed by atoms with van der Waals surface area (Å²) in [5.74, 6) is -0.518. The molecule has 1 atom stereocenters. The molecule has 0 aliphatic rings. The average Bonchev–Trinajstić information content (AvgIpc) is 2.57. The molecular weight excluding hydrogens is 210 g/mol. The lowest BCUT2D eigenvalue weighted by atomic mass is 10.3. The van der Waals surface area contributed by atoms with Gasteiger partial charge in [0.05, 0.1) is 18.4 Å². The number of aliphatic hydroxyl groups excluding tert-OH is 1. The zero-order valence-corrected chi connectivity index (χ0v) is 9.51. The van der Waals surface area contributed by atoms with Gasteiger partial charge in [-0.05, 0) is 20.3 Å². The lowest BCUT2D eigenvalue weighted by Crippen LogP contribution is -2.10. The second-order valence-corrected chi connectivity index (χ2v) is 3.55. The molecule has 90 valence electrons. The predicted octanol–water partition coefficient (Wildman–Crippen LogP) is 0.413. The van der Waals surface area contributed by atoms with E-state index in [1.807, 2.05) is 0 Å². The highest BCUT2D eigenvalue weighted by Gasteiger charge is 2.15. The monoisotopic (exact) mass is 227 g/mol. The van der Waals surface area contributed by atoms with Crippen molar-refractivity contribution in [3.8, 4) is 0 Å². The normalized spacial score (nSPS) is 12.4. The summed E-state index contributed by atoms with van der Waals surface area (Å²) < 4.78 is 6.34. The summed E-state index contributed by atoms with van der Waals surface area (Å²) in [5, 5.41) is 13.1. The van der Waals surface area contributed by atoms with Crippen LogP contribution in [-0.2, 0) is 11.3 Å². The molecule has 1 aromatic heterocycles. The highest BCUT2D eigenvalue weighted by atomic mass is 16.5. The number of nitrogens with two attached hydrogens (primary N) is 1. The highest BCUT2D eigenvalue weighted by Crippen LogP contribution is 2.11. The summed E-state index contributed by atoms with van der Waals surface area (Å²) in [6.45, 7) is 4.22. The van der Waals surface area contributed by atoms with E-state index in [0.29, 0.717) is 25.3 Å². The lowest BCUT2D eigenvalue weighted by molar-refractivity contribution is 0.0519. The Bertz CT molecular complexity index is 360. The fourth-order valence-corrected chi connectivity index (χ4v) is 1.23. The summed E-state index contributed by atoms with van der Waals surface area (Å²) >= 11 is 0. The van der Waals surface area contributed by atoms with Gasteiger partial charge < -0.3 is 15.6 Å². The molecule has 1 rings (SSSR count). The number of aliphatic hydroxyl groups is 1. The molecule has 0 fully saturated rings. The maximum absolute atomic E-state index is 11.4. The fraction of sp³-hybridized carbons (Fsp3) is 0.600. The van der Waals surface area contributed by atoms with Crippen molar-refractivity contribution in [1.82, 2.24) is 9.78 Å². The second-order valence-electron chi connectivity index (χ2n) is 3.55. The molecule has 1 aromatic rings. The van der Waals surface area contributed by atoms with Gasteiger partial charge in [-0.3, -0.25) is 4.68 Å². The van der Waals surface area contributed by atoms with Crippen LogP contribution in [0.25, 0.3) is 0 Å². The van der Waals surface area contributed by atoms with E-state index in [9.17, 15) is 4.79 Å². The molecule has 3 N–H and O–H groups in total. The molecule has 16 heavy (non-hydrogen) atoms. The molecule has 0 radical (unpaired) electrons. The number of nitrogen functional groups attached to an aromatic ring is 1. The number of hydrogen-bond acceptors (Lipinski definition) is 5. The van der Waals surface area contributed by atoms with E-state index < -0.39 is 12.1 Å². The van der Waals surface area contributed by atoms with E-state index in [0.717, 1.165) is 0 Å². The van der Waals surface area contributed by atoms with Gasteiger partial charge in [0.1, 0.15) is 0 Å². The van der Waals surface area contributed by atoms with E-state index in [1.165, 1.54) is 4.68 Å². The maximum atomic E-state index is 11.4. The SMILES string of the molecule is CCOC(=O)c1nn(CCC(C)O)cc1N. The van der Waals surface area contributed by atoms with E-state index in [2.05, 4.69) is 5.10 Å². The molecule has 0 aromatic carbocycles. The van der Waals surface area contributed by atoms with E-state index >= 15 is 0 Å². The number of aryl methyl sites for hydroxylation is 1. The van der Waals surface area contributed by atoms with E-state index in [1.54, 1.807) is 20.0 Å². The molecule has 6 heteroatoms. The highest BCUT2D eigenvalue weighted by molar-refractivity contribution is 5.92. The van der Waals surface area contributed by atoms with E-state index in [-0.39, 0.29) is 5.69 Å². The topological polar surface area (TPSA) is 90.4 Å². The first-order valence-corrected chi connectivity index (χ1v) is 5.22. The number of anilines is 1. The smallest absolute Gasteiger partial charge is 0.361 e. The van der Waals surface area contributed by atoms with Crippen LogP contribution in [0.1, 0.15) is 30.8 Å². The maximum Gasteiger partial charge on any atom is 0.361 e. The van der Waals surface area contributed by atoms with Crippen LogP contribution < -0.4 is 5.73 Å². The van der Waals surface area contributed by atoms with Crippen molar-refractivity contribution in [2.75, 3.05) is 12.3 Å². The molecule has 0 saturated heterocycles. The number of rotatable bonds is 5. The van der Waals surface area contributed by atoms with Gasteiger partial charge in [-0.1, -0.05) is 0 Å². The van der Waals surface area contributed by atoms with Crippen molar-refractivity contribution in [2.45, 2.75) is 32.9 Å². The Balaban J connectivity index is 2.69. The molecule has 0 saturated carbocycles. The zero-order valence-electron chi connectivity index (χ0n) is 9.51. The Labute approximate surface area is 94.0 Å². The summed E-state index contributed by atoms with van der Waals surface area (Å²) in [5.41, 5.74) is 6.06. The van der Waals surface area contributed by atoms with Gasteiger partial charge in [0.15, 0.2) is 5.69 Å². The molecule has 0 amide bonds. The van der Waals surface area contributed by atoms with Crippen molar-refractivity contribution in [1.29, 1.82) is 0 Å². The van der Waals surface area contributed by atoms with Crippen molar-refractivity contribution in [3.05, 3.63) is 11.9 Å². The first-order valence-electron chi connectivity index (χ1n) is 5.22. The fourth-order valence-electron chi connectivity index (χ4n) is 1.23. The third-order valence-electron chi connectivity index (χ3n) is 2.03. The first kappa shape index (κ1) is 12.5. The summed E-state index contributed by atoms with van der Waals surface area (Å²) in [7, 11) is 0. The lowest BCUT2D eigenvalue weighted by Gasteiger charge is -2.03. The minimum Gasteiger partial charge on any atom is -0.461 e. The van der Waals surface area contributed by atoms with Crippen molar-refractivity contribution >= 4 is 11.7 Å². The van der Waals surface area contributed by atoms with Gasteiger partial charge in [0.25, 0.3) is 0 Å². The van der Waals surface area contributed by atoms with Crippen molar-refractivity contribution in [2.24, 2.45) is 0 Å². The largest absolute Gasteiger partial charge is 0.461 e. The number of carbonyl (C=O) groups excluding carboxylic acids is 1. The molecule has 0 aliphatic carbocycles. The van der Waals surface area contributed by atoms with Gasteiger partial charge in [-0.2, -0.15) is 5.10 Å². The molecule has 0 bridgehead atoms. The van der Waals surface area contributed by atoms with Crippen LogP contribution >= 0.6 is 0 Å². The molecular formula is C10H17N3O3. The van der Waals surface area contributed by atoms with Crippen LogP contribution in [0.5, 0.6) is 0 Å². The summed E-state index contributed by atoms with van der Waals surface area (Å²) in [6.07, 6.45) is 1.72. The Morgan fingerprint density at radius 3 is 3.00 bits per heavy atom. The molecule has 1 unspecified atom stereocenters. The van der Waals surface area contributed by atoms with Gasteiger partial charge >= 0.3 is 5.97 Å². The number of hydrogen-bond donors (Lipinski definition) is 2. The van der Waals surface area contributed by atoms with Crippen LogP contribution in [0, 0.1) is 0 Å². The predicted molar refractivity (Wildman–Crippen MR) is 58.9 cm³/mol. The van der Waals surface area contributed by atoms with Crippen LogP contribution in [-0.4, -0.2) is 33.6 Å². The zero-order chi connectivity index (χ0) is 12.1. The van der Waals surface area contributed by atoms with Gasteiger partial charge in [0, 0.05) is 12.7 Å². The molecule has 0 aliphatic heterocycles. The van der Waals surface area contributed by atoms with Crippen molar-refractivity contribution < 1.29 is 14.6 Å². The quantitative estimate of drug-likeness (QED) is 0.711.